The van der Waals surface area contributed by atoms with Crippen molar-refractivity contribution in [2.24, 2.45) is 0 Å². The second-order valence-corrected chi connectivity index (χ2v) is 5.60. The molecule has 0 aliphatic carbocycles. The Morgan fingerprint density at radius 2 is 1.04 bits per heavy atom. The molecule has 0 spiro atoms. The summed E-state index contributed by atoms with van der Waals surface area (Å²) in [6.07, 6.45) is 0. The first-order chi connectivity index (χ1) is 12.5. The molecule has 2 N–H and O–H groups in total. The molecule has 0 amide bonds. The molecule has 4 nitrogen and oxygen atoms in total. The number of benzene rings is 2. The van der Waals surface area contributed by atoms with E-state index in [1.807, 2.05) is 62.4 Å². The Bertz CT molecular complexity index is 942. The van der Waals surface area contributed by atoms with Gasteiger partial charge in [0.15, 0.2) is 0 Å². The molecule has 26 heavy (non-hydrogen) atoms. The van der Waals surface area contributed by atoms with E-state index in [0.29, 0.717) is 11.0 Å². The molecule has 0 aliphatic heterocycles. The summed E-state index contributed by atoms with van der Waals surface area (Å²) in [4.78, 5) is 8.45. The van der Waals surface area contributed by atoms with Crippen LogP contribution in [0.5, 0.6) is 11.5 Å². The molecule has 0 bridgehead atoms. The number of hydrogen-bond donors (Lipinski definition) is 2. The van der Waals surface area contributed by atoms with E-state index in [1.54, 1.807) is 12.1 Å². The van der Waals surface area contributed by atoms with Gasteiger partial charge in [-0.15, -0.1) is 0 Å². The number of aryl methyl sites for hydroxylation is 2. The van der Waals surface area contributed by atoms with Crippen molar-refractivity contribution >= 4 is 49.0 Å². The first-order valence-electron chi connectivity index (χ1n) is 7.87. The van der Waals surface area contributed by atoms with E-state index in [1.165, 1.54) is 0 Å². The SMILES string of the molecule is Cc1ccc2cccc(O)c2n1.Cc1ccc2cccc(O)c2n1.[Cl][Ga]. The van der Waals surface area contributed by atoms with Crippen LogP contribution in [0.2, 0.25) is 0 Å². The zero-order chi connectivity index (χ0) is 19.1. The number of aromatic hydroxyl groups is 2. The van der Waals surface area contributed by atoms with Crippen LogP contribution in [-0.2, 0) is 0 Å². The molecule has 0 atom stereocenters. The molecule has 4 rings (SSSR count). The summed E-state index contributed by atoms with van der Waals surface area (Å²) in [5, 5.41) is 20.8. The molecular formula is C20H18ClGaN2O2. The standard InChI is InChI=1S/2C10H9NO.ClH.Ga/c2*1-7-5-6-8-3-2-4-9(12)10(8)11-7;;/h2*2-6,12H,1H3;1H;/q;;;+1/p-1. The van der Waals surface area contributed by atoms with Crippen LogP contribution in [0.25, 0.3) is 21.8 Å². The molecule has 0 saturated carbocycles. The summed E-state index contributed by atoms with van der Waals surface area (Å²) in [7, 11) is 4.70. The van der Waals surface area contributed by atoms with Crippen LogP contribution in [0.1, 0.15) is 11.4 Å². The first kappa shape index (κ1) is 20.1. The Morgan fingerprint density at radius 1 is 0.654 bits per heavy atom. The van der Waals surface area contributed by atoms with Gasteiger partial charge in [-0.1, -0.05) is 36.4 Å². The van der Waals surface area contributed by atoms with Crippen molar-refractivity contribution in [3.63, 3.8) is 0 Å². The normalized spacial score (nSPS) is 9.81. The van der Waals surface area contributed by atoms with Crippen LogP contribution >= 0.6 is 9.64 Å². The number of halogens is 1. The number of hydrogen-bond acceptors (Lipinski definition) is 4. The molecule has 2 aromatic heterocycles. The van der Waals surface area contributed by atoms with Gasteiger partial charge < -0.3 is 10.2 Å². The number of nitrogens with zero attached hydrogens (tertiary/aromatic N) is 2. The van der Waals surface area contributed by atoms with Crippen LogP contribution in [0.3, 0.4) is 0 Å². The molecule has 0 fully saturated rings. The van der Waals surface area contributed by atoms with Gasteiger partial charge in [-0.05, 0) is 38.1 Å². The van der Waals surface area contributed by atoms with E-state index in [-0.39, 0.29) is 11.5 Å². The summed E-state index contributed by atoms with van der Waals surface area (Å²) in [5.41, 5.74) is 3.20. The summed E-state index contributed by atoms with van der Waals surface area (Å²) >= 11 is 1.16. The number of aromatic nitrogens is 2. The van der Waals surface area contributed by atoms with E-state index in [2.05, 4.69) is 9.97 Å². The Hall–Kier alpha value is -2.21. The van der Waals surface area contributed by atoms with E-state index < -0.39 is 0 Å². The molecule has 6 heteroatoms. The van der Waals surface area contributed by atoms with Gasteiger partial charge in [0.25, 0.3) is 0 Å². The number of phenols is 2. The molecule has 4 aromatic rings. The average molecular weight is 424 g/mol. The van der Waals surface area contributed by atoms with Crippen LogP contribution < -0.4 is 0 Å². The number of para-hydroxylation sites is 2. The van der Waals surface area contributed by atoms with Gasteiger partial charge in [-0.2, -0.15) is 0 Å². The van der Waals surface area contributed by atoms with E-state index in [4.69, 9.17) is 9.64 Å². The molecule has 2 heterocycles. The van der Waals surface area contributed by atoms with Crippen LogP contribution in [0.4, 0.5) is 0 Å². The van der Waals surface area contributed by atoms with E-state index in [9.17, 15) is 10.2 Å². The Kier molecular flexibility index (Phi) is 7.33. The minimum atomic E-state index is 0.246. The number of fused-ring (bicyclic) bond motifs is 2. The van der Waals surface area contributed by atoms with E-state index >= 15 is 0 Å². The van der Waals surface area contributed by atoms with Gasteiger partial charge in [0.1, 0.15) is 22.5 Å². The fourth-order valence-corrected chi connectivity index (χ4v) is 2.46. The predicted octanol–water partition coefficient (Wildman–Crippen LogP) is 4.81. The number of rotatable bonds is 0. The fourth-order valence-electron chi connectivity index (χ4n) is 2.46. The van der Waals surface area contributed by atoms with Crippen LogP contribution in [0, 0.1) is 13.8 Å². The molecule has 0 unspecified atom stereocenters. The van der Waals surface area contributed by atoms with Gasteiger partial charge >= 0.3 is 27.2 Å². The fraction of sp³-hybridized carbons (Fsp3) is 0.100. The molecule has 0 aliphatic rings. The monoisotopic (exact) mass is 422 g/mol. The third-order valence-electron chi connectivity index (χ3n) is 3.68. The summed E-state index contributed by atoms with van der Waals surface area (Å²) in [5.74, 6) is 0.493. The van der Waals surface area contributed by atoms with Gasteiger partial charge in [0.2, 0.25) is 0 Å². The zero-order valence-corrected chi connectivity index (χ0v) is 17.7. The second-order valence-electron chi connectivity index (χ2n) is 5.60. The first-order valence-corrected chi connectivity index (χ1v) is 11.1. The molecule has 0 saturated heterocycles. The van der Waals surface area contributed by atoms with Crippen molar-refractivity contribution in [1.82, 2.24) is 9.97 Å². The quantitative estimate of drug-likeness (QED) is 0.399. The van der Waals surface area contributed by atoms with Gasteiger partial charge in [-0.3, -0.25) is 0 Å². The Balaban J connectivity index is 0.000000171. The minimum absolute atomic E-state index is 0.246. The van der Waals surface area contributed by atoms with Gasteiger partial charge in [-0.25, -0.2) is 9.97 Å². The molecule has 2 aromatic carbocycles. The van der Waals surface area contributed by atoms with Crippen molar-refractivity contribution in [2.75, 3.05) is 0 Å². The van der Waals surface area contributed by atoms with Crippen molar-refractivity contribution < 1.29 is 10.2 Å². The zero-order valence-electron chi connectivity index (χ0n) is 14.5. The van der Waals surface area contributed by atoms with Crippen molar-refractivity contribution in [3.05, 3.63) is 72.1 Å². The summed E-state index contributed by atoms with van der Waals surface area (Å²) in [6, 6.07) is 18.6. The third kappa shape index (κ3) is 4.91. The van der Waals surface area contributed by atoms with Gasteiger partial charge in [0.05, 0.1) is 0 Å². The van der Waals surface area contributed by atoms with Crippen molar-refractivity contribution in [1.29, 1.82) is 0 Å². The summed E-state index contributed by atoms with van der Waals surface area (Å²) in [6.45, 7) is 3.82. The maximum absolute atomic E-state index is 9.43. The van der Waals surface area contributed by atoms with Crippen molar-refractivity contribution in [3.8, 4) is 11.5 Å². The predicted molar refractivity (Wildman–Crippen MR) is 108 cm³/mol. The van der Waals surface area contributed by atoms with Gasteiger partial charge in [0, 0.05) is 22.2 Å². The number of phenolic OH excluding ortho intramolecular Hbond substituents is 2. The molecular weight excluding hydrogens is 405 g/mol. The second kappa shape index (κ2) is 9.47. The summed E-state index contributed by atoms with van der Waals surface area (Å²) < 4.78 is 0. The maximum atomic E-state index is 9.43. The topological polar surface area (TPSA) is 66.2 Å². The van der Waals surface area contributed by atoms with Crippen LogP contribution in [0.15, 0.2) is 60.7 Å². The number of pyridine rings is 2. The van der Waals surface area contributed by atoms with Crippen LogP contribution in [-0.4, -0.2) is 37.8 Å². The third-order valence-corrected chi connectivity index (χ3v) is 3.68. The molecule has 2 radical (unpaired) electrons. The Morgan fingerprint density at radius 3 is 1.42 bits per heavy atom. The average Bonchev–Trinajstić information content (AvgIpc) is 2.65. The van der Waals surface area contributed by atoms with E-state index in [0.717, 1.165) is 39.8 Å². The molecule has 130 valence electrons. The Labute approximate surface area is 166 Å². The van der Waals surface area contributed by atoms with Crippen molar-refractivity contribution in [2.45, 2.75) is 13.8 Å².